The van der Waals surface area contributed by atoms with Crippen molar-refractivity contribution in [3.05, 3.63) is 0 Å². The summed E-state index contributed by atoms with van der Waals surface area (Å²) in [4.78, 5) is 0. The Morgan fingerprint density at radius 3 is 2.50 bits per heavy atom. The normalized spacial score (nSPS) is 13.9. The largest absolute Gasteiger partial charge is 0.393 e. The van der Waals surface area contributed by atoms with Gasteiger partial charge in [0.05, 0.1) is 6.10 Å². The minimum Gasteiger partial charge on any atom is -0.393 e. The zero-order chi connectivity index (χ0) is 6.41. The summed E-state index contributed by atoms with van der Waals surface area (Å²) in [5.74, 6) is 0. The summed E-state index contributed by atoms with van der Waals surface area (Å²) >= 11 is 5.52. The molecule has 0 saturated carbocycles. The van der Waals surface area contributed by atoms with Crippen molar-refractivity contribution in [2.75, 3.05) is 9.76 Å². The van der Waals surface area contributed by atoms with Crippen LogP contribution >= 0.6 is 38.5 Å². The first-order valence-electron chi connectivity index (χ1n) is 2.61. The molecule has 0 aromatic rings. The lowest BCUT2D eigenvalue weighted by Gasteiger charge is -2.03. The smallest absolute Gasteiger partial charge is 0.0555 e. The molecule has 0 heterocycles. The van der Waals surface area contributed by atoms with Crippen LogP contribution in [0, 0.1) is 0 Å². The van der Waals surface area contributed by atoms with Gasteiger partial charge >= 0.3 is 0 Å². The molecule has 0 bridgehead atoms. The zero-order valence-corrected chi connectivity index (χ0v) is 8.35. The number of hydrogen-bond acceptors (Lipinski definition) is 1. The quantitative estimate of drug-likeness (QED) is 0.620. The fourth-order valence-electron chi connectivity index (χ4n) is 0.396. The molecule has 1 N–H and O–H groups in total. The molecule has 0 saturated heterocycles. The summed E-state index contributed by atoms with van der Waals surface area (Å²) in [7, 11) is 0. The first-order chi connectivity index (χ1) is 3.81. The molecule has 0 amide bonds. The molecule has 0 radical (unpaired) electrons. The van der Waals surface area contributed by atoms with E-state index in [4.69, 9.17) is 5.11 Å². The van der Waals surface area contributed by atoms with Crippen LogP contribution in [0.2, 0.25) is 0 Å². The van der Waals surface area contributed by atoms with E-state index in [-0.39, 0.29) is 6.10 Å². The van der Waals surface area contributed by atoms with E-state index >= 15 is 0 Å². The maximum atomic E-state index is 9.01. The Kier molecular flexibility index (Phi) is 7.21. The molecule has 0 aliphatic heterocycles. The molecule has 0 aromatic carbocycles. The fourth-order valence-corrected chi connectivity index (χ4v) is 1.64. The molecule has 1 nitrogen and oxygen atoms in total. The summed E-state index contributed by atoms with van der Waals surface area (Å²) in [5.41, 5.74) is 0. The number of rotatable bonds is 4. The molecular formula is C5H10BrIO. The summed E-state index contributed by atoms with van der Waals surface area (Å²) in [6, 6.07) is 0. The Morgan fingerprint density at radius 1 is 1.50 bits per heavy atom. The number of aliphatic hydroxyl groups is 1. The standard InChI is InChI=1S/C5H10BrIO/c6-3-1-5(8)2-4-7/h5,8H,1-4H2. The van der Waals surface area contributed by atoms with Gasteiger partial charge in [0, 0.05) is 9.76 Å². The van der Waals surface area contributed by atoms with E-state index in [1.165, 1.54) is 0 Å². The summed E-state index contributed by atoms with van der Waals surface area (Å²) in [5, 5.41) is 9.92. The van der Waals surface area contributed by atoms with Crippen LogP contribution in [-0.2, 0) is 0 Å². The van der Waals surface area contributed by atoms with Crippen molar-refractivity contribution >= 4 is 38.5 Å². The van der Waals surface area contributed by atoms with Gasteiger partial charge < -0.3 is 5.11 Å². The minimum atomic E-state index is -0.0914. The van der Waals surface area contributed by atoms with Crippen LogP contribution in [0.25, 0.3) is 0 Å². The van der Waals surface area contributed by atoms with E-state index in [9.17, 15) is 0 Å². The van der Waals surface area contributed by atoms with Crippen molar-refractivity contribution in [1.29, 1.82) is 0 Å². The molecule has 8 heavy (non-hydrogen) atoms. The predicted octanol–water partition coefficient (Wildman–Crippen LogP) is 1.96. The molecule has 0 aromatic heterocycles. The van der Waals surface area contributed by atoms with Gasteiger partial charge in [0.2, 0.25) is 0 Å². The molecule has 50 valence electrons. The second-order valence-electron chi connectivity index (χ2n) is 1.61. The number of hydrogen-bond donors (Lipinski definition) is 1. The number of aliphatic hydroxyl groups excluding tert-OH is 1. The number of halogens is 2. The fraction of sp³-hybridized carbons (Fsp3) is 1.00. The zero-order valence-electron chi connectivity index (χ0n) is 4.61. The summed E-state index contributed by atoms with van der Waals surface area (Å²) in [6.07, 6.45) is 1.71. The van der Waals surface area contributed by atoms with Gasteiger partial charge in [-0.15, -0.1) is 0 Å². The Morgan fingerprint density at radius 2 is 2.12 bits per heavy atom. The van der Waals surface area contributed by atoms with Crippen LogP contribution in [0.5, 0.6) is 0 Å². The lowest BCUT2D eigenvalue weighted by molar-refractivity contribution is 0.170. The highest BCUT2D eigenvalue weighted by atomic mass is 127. The summed E-state index contributed by atoms with van der Waals surface area (Å²) in [6.45, 7) is 0. The Hall–Kier alpha value is 1.17. The van der Waals surface area contributed by atoms with Crippen molar-refractivity contribution in [2.45, 2.75) is 18.9 Å². The molecule has 0 aliphatic rings. The molecule has 1 atom stereocenters. The van der Waals surface area contributed by atoms with Crippen LogP contribution in [0.4, 0.5) is 0 Å². The third kappa shape index (κ3) is 5.31. The van der Waals surface area contributed by atoms with Gasteiger partial charge in [-0.25, -0.2) is 0 Å². The van der Waals surface area contributed by atoms with E-state index in [0.29, 0.717) is 0 Å². The monoisotopic (exact) mass is 292 g/mol. The Balaban J connectivity index is 2.92. The van der Waals surface area contributed by atoms with Crippen LogP contribution in [0.15, 0.2) is 0 Å². The third-order valence-corrected chi connectivity index (χ3v) is 1.97. The van der Waals surface area contributed by atoms with Crippen LogP contribution in [0.1, 0.15) is 12.8 Å². The first-order valence-corrected chi connectivity index (χ1v) is 5.26. The van der Waals surface area contributed by atoms with Crippen LogP contribution < -0.4 is 0 Å². The summed E-state index contributed by atoms with van der Waals surface area (Å²) < 4.78 is 1.05. The van der Waals surface area contributed by atoms with Gasteiger partial charge in [-0.3, -0.25) is 0 Å². The van der Waals surface area contributed by atoms with E-state index in [2.05, 4.69) is 38.5 Å². The Bertz CT molecular complexity index is 45.7. The van der Waals surface area contributed by atoms with Gasteiger partial charge in [0.15, 0.2) is 0 Å². The van der Waals surface area contributed by atoms with Gasteiger partial charge in [0.25, 0.3) is 0 Å². The van der Waals surface area contributed by atoms with Gasteiger partial charge in [-0.2, -0.15) is 0 Å². The molecular weight excluding hydrogens is 283 g/mol. The van der Waals surface area contributed by atoms with Crippen molar-refractivity contribution in [3.8, 4) is 0 Å². The van der Waals surface area contributed by atoms with Crippen molar-refractivity contribution in [1.82, 2.24) is 0 Å². The SMILES string of the molecule is OC(CCBr)CCI. The number of alkyl halides is 2. The molecule has 0 rings (SSSR count). The average Bonchev–Trinajstić information content (AvgIpc) is 1.68. The van der Waals surface area contributed by atoms with Crippen LogP contribution in [-0.4, -0.2) is 21.0 Å². The topological polar surface area (TPSA) is 20.2 Å². The minimum absolute atomic E-state index is 0.0914. The van der Waals surface area contributed by atoms with E-state index in [1.807, 2.05) is 0 Å². The highest BCUT2D eigenvalue weighted by Crippen LogP contribution is 2.02. The van der Waals surface area contributed by atoms with Gasteiger partial charge in [-0.05, 0) is 12.8 Å². The second kappa shape index (κ2) is 6.29. The maximum absolute atomic E-state index is 9.01. The van der Waals surface area contributed by atoms with E-state index in [1.54, 1.807) is 0 Å². The highest BCUT2D eigenvalue weighted by molar-refractivity contribution is 14.1. The van der Waals surface area contributed by atoms with Crippen molar-refractivity contribution in [3.63, 3.8) is 0 Å². The van der Waals surface area contributed by atoms with Gasteiger partial charge in [-0.1, -0.05) is 38.5 Å². The lowest BCUT2D eigenvalue weighted by atomic mass is 10.2. The molecule has 0 spiro atoms. The third-order valence-electron chi connectivity index (χ3n) is 0.885. The molecule has 3 heteroatoms. The predicted molar refractivity (Wildman–Crippen MR) is 47.9 cm³/mol. The first kappa shape index (κ1) is 9.17. The second-order valence-corrected chi connectivity index (χ2v) is 3.48. The van der Waals surface area contributed by atoms with Crippen molar-refractivity contribution < 1.29 is 5.11 Å². The average molecular weight is 293 g/mol. The lowest BCUT2D eigenvalue weighted by Crippen LogP contribution is -2.06. The molecule has 0 aliphatic carbocycles. The van der Waals surface area contributed by atoms with E-state index in [0.717, 1.165) is 22.6 Å². The van der Waals surface area contributed by atoms with Crippen LogP contribution in [0.3, 0.4) is 0 Å². The van der Waals surface area contributed by atoms with Crippen molar-refractivity contribution in [2.24, 2.45) is 0 Å². The van der Waals surface area contributed by atoms with Gasteiger partial charge in [0.1, 0.15) is 0 Å². The molecule has 1 unspecified atom stereocenters. The molecule has 0 fully saturated rings. The van der Waals surface area contributed by atoms with E-state index < -0.39 is 0 Å². The Labute approximate surface area is 72.1 Å². The maximum Gasteiger partial charge on any atom is 0.0555 e. The highest BCUT2D eigenvalue weighted by Gasteiger charge is 1.98.